The molecular weight excluding hydrogens is 232 g/mol. The molecule has 0 atom stereocenters. The number of nitrogens with one attached hydrogen (secondary N) is 1. The lowest BCUT2D eigenvalue weighted by molar-refractivity contribution is 1.10. The third-order valence-electron chi connectivity index (χ3n) is 2.29. The van der Waals surface area contributed by atoms with Crippen molar-refractivity contribution in [3.63, 3.8) is 0 Å². The number of rotatable bonds is 8. The molecule has 0 aromatic heterocycles. The van der Waals surface area contributed by atoms with E-state index in [1.807, 2.05) is 62.7 Å². The van der Waals surface area contributed by atoms with Crippen LogP contribution in [0.2, 0.25) is 0 Å². The van der Waals surface area contributed by atoms with Crippen LogP contribution in [0.15, 0.2) is 84.7 Å². The van der Waals surface area contributed by atoms with Crippen molar-refractivity contribution in [2.24, 2.45) is 5.73 Å². The van der Waals surface area contributed by atoms with Gasteiger partial charge in [-0.05, 0) is 35.9 Å². The van der Waals surface area contributed by atoms with Crippen molar-refractivity contribution in [3.05, 3.63) is 84.7 Å². The van der Waals surface area contributed by atoms with Gasteiger partial charge in [0.2, 0.25) is 0 Å². The van der Waals surface area contributed by atoms with Crippen LogP contribution in [0.1, 0.15) is 6.92 Å². The molecule has 102 valence electrons. The van der Waals surface area contributed by atoms with E-state index in [2.05, 4.69) is 18.5 Å². The van der Waals surface area contributed by atoms with Crippen LogP contribution in [0.25, 0.3) is 0 Å². The van der Waals surface area contributed by atoms with Gasteiger partial charge in [-0.25, -0.2) is 0 Å². The van der Waals surface area contributed by atoms with Gasteiger partial charge in [-0.1, -0.05) is 55.7 Å². The molecule has 0 bridgehead atoms. The zero-order chi connectivity index (χ0) is 14.5. The summed E-state index contributed by atoms with van der Waals surface area (Å²) in [5.74, 6) is 0. The van der Waals surface area contributed by atoms with E-state index in [0.29, 0.717) is 6.54 Å². The minimum Gasteiger partial charge on any atom is -0.394 e. The van der Waals surface area contributed by atoms with Crippen molar-refractivity contribution >= 4 is 0 Å². The van der Waals surface area contributed by atoms with Crippen molar-refractivity contribution in [2.45, 2.75) is 6.92 Å². The Morgan fingerprint density at radius 3 is 2.47 bits per heavy atom. The normalized spacial score (nSPS) is 13.6. The van der Waals surface area contributed by atoms with Gasteiger partial charge in [-0.3, -0.25) is 0 Å². The van der Waals surface area contributed by atoms with E-state index in [9.17, 15) is 0 Å². The average Bonchev–Trinajstić information content (AvgIpc) is 2.41. The lowest BCUT2D eigenvalue weighted by Crippen LogP contribution is -1.94. The van der Waals surface area contributed by atoms with Crippen LogP contribution in [-0.2, 0) is 0 Å². The van der Waals surface area contributed by atoms with E-state index in [4.69, 9.17) is 5.73 Å². The summed E-state index contributed by atoms with van der Waals surface area (Å²) in [6, 6.07) is 0. The second kappa shape index (κ2) is 11.1. The van der Waals surface area contributed by atoms with Gasteiger partial charge in [0.15, 0.2) is 0 Å². The Morgan fingerprint density at radius 2 is 1.95 bits per heavy atom. The molecule has 0 aromatic carbocycles. The Morgan fingerprint density at radius 1 is 1.21 bits per heavy atom. The molecule has 0 saturated heterocycles. The summed E-state index contributed by atoms with van der Waals surface area (Å²) in [4.78, 5) is 0. The highest BCUT2D eigenvalue weighted by molar-refractivity contribution is 5.48. The summed E-state index contributed by atoms with van der Waals surface area (Å²) in [7, 11) is 1.86. The molecule has 0 aromatic rings. The monoisotopic (exact) mass is 256 g/mol. The zero-order valence-electron chi connectivity index (χ0n) is 11.9. The predicted octanol–water partition coefficient (Wildman–Crippen LogP) is 3.41. The van der Waals surface area contributed by atoms with Gasteiger partial charge in [-0.15, -0.1) is 0 Å². The van der Waals surface area contributed by atoms with E-state index in [0.717, 1.165) is 16.7 Å². The third kappa shape index (κ3) is 7.79. The largest absolute Gasteiger partial charge is 0.394 e. The highest BCUT2D eigenvalue weighted by Gasteiger charge is 1.94. The van der Waals surface area contributed by atoms with Crippen molar-refractivity contribution in [3.8, 4) is 0 Å². The lowest BCUT2D eigenvalue weighted by atomic mass is 10.1. The summed E-state index contributed by atoms with van der Waals surface area (Å²) in [6.45, 7) is 10.3. The van der Waals surface area contributed by atoms with Crippen LogP contribution < -0.4 is 11.1 Å². The Balaban J connectivity index is 4.99. The smallest absolute Gasteiger partial charge is 0.0115 e. The number of allylic oxidation sites excluding steroid dienone is 10. The summed E-state index contributed by atoms with van der Waals surface area (Å²) in [6.07, 6.45) is 17.4. The minimum atomic E-state index is 0.519. The second-order valence-corrected chi connectivity index (χ2v) is 3.78. The first-order valence-corrected chi connectivity index (χ1v) is 6.26. The molecule has 0 heterocycles. The molecule has 0 aliphatic carbocycles. The maximum Gasteiger partial charge on any atom is 0.0115 e. The molecule has 0 saturated carbocycles. The molecular formula is C17H24N2. The fourth-order valence-corrected chi connectivity index (χ4v) is 1.38. The molecule has 0 rings (SSSR count). The topological polar surface area (TPSA) is 38.0 Å². The van der Waals surface area contributed by atoms with E-state index in [1.54, 1.807) is 6.08 Å². The van der Waals surface area contributed by atoms with Crippen LogP contribution in [0.5, 0.6) is 0 Å². The van der Waals surface area contributed by atoms with E-state index in [-0.39, 0.29) is 0 Å². The van der Waals surface area contributed by atoms with Crippen LogP contribution >= 0.6 is 0 Å². The van der Waals surface area contributed by atoms with Crippen molar-refractivity contribution < 1.29 is 0 Å². The quantitative estimate of drug-likeness (QED) is 0.653. The molecule has 0 aliphatic rings. The zero-order valence-corrected chi connectivity index (χ0v) is 11.9. The highest BCUT2D eigenvalue weighted by atomic mass is 14.8. The van der Waals surface area contributed by atoms with Gasteiger partial charge in [0.1, 0.15) is 0 Å². The summed E-state index contributed by atoms with van der Waals surface area (Å²) < 4.78 is 0. The van der Waals surface area contributed by atoms with Crippen LogP contribution in [0.4, 0.5) is 0 Å². The summed E-state index contributed by atoms with van der Waals surface area (Å²) >= 11 is 0. The fourth-order valence-electron chi connectivity index (χ4n) is 1.38. The van der Waals surface area contributed by atoms with Crippen LogP contribution in [0, 0.1) is 0 Å². The Labute approximate surface area is 117 Å². The molecule has 19 heavy (non-hydrogen) atoms. The average molecular weight is 256 g/mol. The molecule has 0 aliphatic heterocycles. The molecule has 2 heteroatoms. The standard InChI is InChI=1S/C17H24N2/c1-5-7-16(11-13-18)10-9-15(3)17(8-6-2)12-14-19-4/h5-12,14,19H,2-3,13,18H2,1,4H3/b7-5-,10-9+,14-12-,16-11+,17-8+. The number of hydrogen-bond donors (Lipinski definition) is 2. The van der Waals surface area contributed by atoms with Gasteiger partial charge in [0, 0.05) is 13.6 Å². The first kappa shape index (κ1) is 16.9. The number of nitrogens with two attached hydrogens (primary N) is 1. The highest BCUT2D eigenvalue weighted by Crippen LogP contribution is 2.13. The van der Waals surface area contributed by atoms with Crippen molar-refractivity contribution in [1.29, 1.82) is 0 Å². The van der Waals surface area contributed by atoms with Gasteiger partial charge < -0.3 is 11.1 Å². The molecule has 2 nitrogen and oxygen atoms in total. The van der Waals surface area contributed by atoms with E-state index < -0.39 is 0 Å². The second-order valence-electron chi connectivity index (χ2n) is 3.78. The van der Waals surface area contributed by atoms with Gasteiger partial charge in [0.05, 0.1) is 0 Å². The molecule has 0 unspecified atom stereocenters. The van der Waals surface area contributed by atoms with Gasteiger partial charge in [-0.2, -0.15) is 0 Å². The maximum atomic E-state index is 5.53. The Kier molecular flexibility index (Phi) is 9.86. The Bertz CT molecular complexity index is 432. The fraction of sp³-hybridized carbons (Fsp3) is 0.176. The lowest BCUT2D eigenvalue weighted by Gasteiger charge is -2.01. The molecule has 0 spiro atoms. The van der Waals surface area contributed by atoms with Crippen molar-refractivity contribution in [2.75, 3.05) is 13.6 Å². The molecule has 0 fully saturated rings. The minimum absolute atomic E-state index is 0.519. The van der Waals surface area contributed by atoms with E-state index in [1.165, 1.54) is 0 Å². The molecule has 0 amide bonds. The van der Waals surface area contributed by atoms with E-state index >= 15 is 0 Å². The first-order chi connectivity index (χ1) is 9.19. The summed E-state index contributed by atoms with van der Waals surface area (Å²) in [5.41, 5.74) is 8.52. The predicted molar refractivity (Wildman–Crippen MR) is 86.7 cm³/mol. The van der Waals surface area contributed by atoms with Crippen molar-refractivity contribution in [1.82, 2.24) is 5.32 Å². The first-order valence-electron chi connectivity index (χ1n) is 6.26. The maximum absolute atomic E-state index is 5.53. The van der Waals surface area contributed by atoms with Crippen LogP contribution in [0.3, 0.4) is 0 Å². The Hall–Kier alpha value is -2.06. The van der Waals surface area contributed by atoms with Crippen LogP contribution in [-0.4, -0.2) is 13.6 Å². The molecule has 0 radical (unpaired) electrons. The van der Waals surface area contributed by atoms with Gasteiger partial charge in [0.25, 0.3) is 0 Å². The third-order valence-corrected chi connectivity index (χ3v) is 2.29. The number of hydrogen-bond acceptors (Lipinski definition) is 2. The van der Waals surface area contributed by atoms with Gasteiger partial charge >= 0.3 is 0 Å². The summed E-state index contributed by atoms with van der Waals surface area (Å²) in [5, 5.41) is 2.96. The SMILES string of the molecule is C=C/C=C(\C=C/NC)C(=C)/C=C/C(/C=C\C)=C/CN. The molecule has 3 N–H and O–H groups in total.